The molecule has 0 aromatic carbocycles. The summed E-state index contributed by atoms with van der Waals surface area (Å²) in [6, 6.07) is 0. The first-order valence-electron chi connectivity index (χ1n) is 8.48. The number of amides is 2. The number of carbonyl (C=O) groups is 2. The van der Waals surface area contributed by atoms with E-state index in [0.29, 0.717) is 61.4 Å². The van der Waals surface area contributed by atoms with Gasteiger partial charge in [-0.05, 0) is 48.3 Å². The van der Waals surface area contributed by atoms with Crippen molar-refractivity contribution in [3.8, 4) is 0 Å². The van der Waals surface area contributed by atoms with Crippen LogP contribution in [0.4, 0.5) is 0 Å². The lowest BCUT2D eigenvalue weighted by Gasteiger charge is -3.09. The molecular weight excluding hydrogens is 284 g/mol. The maximum atomic E-state index is 12.5. The van der Waals surface area contributed by atoms with Gasteiger partial charge in [-0.1, -0.05) is 0 Å². The van der Waals surface area contributed by atoms with Crippen LogP contribution in [0.3, 0.4) is 0 Å². The summed E-state index contributed by atoms with van der Waals surface area (Å²) in [6.45, 7) is 1.31. The molecule has 6 aliphatic rings. The molecule has 6 fully saturated rings. The summed E-state index contributed by atoms with van der Waals surface area (Å²) in [5.74, 6) is 3.05. The Morgan fingerprint density at radius 3 is 1.32 bits per heavy atom. The summed E-state index contributed by atoms with van der Waals surface area (Å²) in [6.07, 6.45) is 1.21. The lowest BCUT2D eigenvalue weighted by molar-refractivity contribution is -0.624. The molecule has 0 aromatic rings. The molecule has 6 nitrogen and oxygen atoms in total. The zero-order valence-corrected chi connectivity index (χ0v) is 12.4. The van der Waals surface area contributed by atoms with Crippen molar-refractivity contribution in [3.05, 3.63) is 0 Å². The maximum absolute atomic E-state index is 12.5. The van der Waals surface area contributed by atoms with Crippen LogP contribution in [0, 0.1) is 46.3 Å². The number of nitrogens with one attached hydrogen (secondary N) is 2. The van der Waals surface area contributed by atoms with Gasteiger partial charge in [-0.25, -0.2) is 0 Å². The summed E-state index contributed by atoms with van der Waals surface area (Å²) in [7, 11) is 0. The quantitative estimate of drug-likeness (QED) is 0.420. The first-order chi connectivity index (χ1) is 10.7. The Labute approximate surface area is 128 Å². The molecule has 6 aliphatic carbocycles. The van der Waals surface area contributed by atoms with Gasteiger partial charge in [-0.3, -0.25) is 9.59 Å². The van der Waals surface area contributed by atoms with Crippen LogP contribution in [0.2, 0.25) is 0 Å². The van der Waals surface area contributed by atoms with Gasteiger partial charge in [0.25, 0.3) is 0 Å². The van der Waals surface area contributed by atoms with Gasteiger partial charge in [0.2, 0.25) is 11.8 Å². The van der Waals surface area contributed by atoms with E-state index in [1.54, 1.807) is 0 Å². The molecule has 0 aliphatic heterocycles. The number of hydrogen-bond acceptors (Lipinski definition) is 4. The Balaban J connectivity index is 1.24. The monoisotopic (exact) mass is 306 g/mol. The Kier molecular flexibility index (Phi) is 2.33. The lowest BCUT2D eigenvalue weighted by atomic mass is 8.92. The van der Waals surface area contributed by atoms with Crippen LogP contribution < -0.4 is 10.6 Å². The van der Waals surface area contributed by atoms with Gasteiger partial charge in [-0.15, -0.1) is 0 Å². The Bertz CT molecular complexity index is 471. The summed E-state index contributed by atoms with van der Waals surface area (Å²) in [5, 5.41) is 23.6. The van der Waals surface area contributed by atoms with Crippen LogP contribution in [0.25, 0.3) is 0 Å². The fourth-order valence-electron chi connectivity index (χ4n) is 7.30. The van der Waals surface area contributed by atoms with Crippen LogP contribution in [-0.2, 0) is 9.59 Å². The van der Waals surface area contributed by atoms with Crippen molar-refractivity contribution in [2.75, 3.05) is 26.3 Å². The third-order valence-electron chi connectivity index (χ3n) is 7.66. The number of aliphatic hydroxyl groups is 2. The standard InChI is InChI=1S/C16H22N2O4/c19-5-1-3-17-13(21)15-7-10-8(15)12-9(15)11(7)16(10,12)14(22)18-4-2-6-20/h7-12,19-20H,1-6H2,(H,17,21)(H,18,22). The van der Waals surface area contributed by atoms with E-state index in [2.05, 4.69) is 10.6 Å². The Morgan fingerprint density at radius 1 is 0.727 bits per heavy atom. The van der Waals surface area contributed by atoms with Gasteiger partial charge in [-0.2, -0.15) is 0 Å². The van der Waals surface area contributed by atoms with Gasteiger partial charge < -0.3 is 20.8 Å². The molecule has 120 valence electrons. The van der Waals surface area contributed by atoms with E-state index in [4.69, 9.17) is 10.2 Å². The topological polar surface area (TPSA) is 98.7 Å². The molecule has 4 N–H and O–H groups in total. The van der Waals surface area contributed by atoms with Crippen molar-refractivity contribution in [2.24, 2.45) is 46.3 Å². The van der Waals surface area contributed by atoms with E-state index >= 15 is 0 Å². The predicted molar refractivity (Wildman–Crippen MR) is 75.2 cm³/mol. The van der Waals surface area contributed by atoms with E-state index in [0.717, 1.165) is 0 Å². The molecule has 0 aromatic heterocycles. The van der Waals surface area contributed by atoms with Crippen molar-refractivity contribution < 1.29 is 19.8 Å². The molecule has 22 heavy (non-hydrogen) atoms. The normalized spacial score (nSPS) is 53.0. The second-order valence-corrected chi connectivity index (χ2v) is 7.69. The fourth-order valence-corrected chi connectivity index (χ4v) is 7.30. The molecule has 0 heterocycles. The third kappa shape index (κ3) is 0.920. The average molecular weight is 306 g/mol. The number of hydrogen-bond donors (Lipinski definition) is 4. The second-order valence-electron chi connectivity index (χ2n) is 7.69. The third-order valence-corrected chi connectivity index (χ3v) is 7.66. The Morgan fingerprint density at radius 2 is 1.05 bits per heavy atom. The number of aliphatic hydroxyl groups excluding tert-OH is 2. The first-order valence-corrected chi connectivity index (χ1v) is 8.48. The average Bonchev–Trinajstić information content (AvgIpc) is 2.54. The maximum Gasteiger partial charge on any atom is 0.227 e. The molecular formula is C16H22N2O4. The van der Waals surface area contributed by atoms with Crippen LogP contribution >= 0.6 is 0 Å². The highest BCUT2D eigenvalue weighted by atomic mass is 16.3. The number of rotatable bonds is 8. The molecule has 6 heteroatoms. The van der Waals surface area contributed by atoms with Crippen molar-refractivity contribution in [3.63, 3.8) is 0 Å². The molecule has 0 saturated heterocycles. The summed E-state index contributed by atoms with van der Waals surface area (Å²) < 4.78 is 0. The lowest BCUT2D eigenvalue weighted by Crippen LogP contribution is -3.12. The summed E-state index contributed by atoms with van der Waals surface area (Å²) in [5.41, 5.74) is -0.245. The van der Waals surface area contributed by atoms with E-state index in [1.807, 2.05) is 0 Å². The van der Waals surface area contributed by atoms with E-state index in [9.17, 15) is 9.59 Å². The van der Waals surface area contributed by atoms with Crippen molar-refractivity contribution in [2.45, 2.75) is 12.8 Å². The van der Waals surface area contributed by atoms with Gasteiger partial charge in [0.15, 0.2) is 0 Å². The highest BCUT2D eigenvalue weighted by Crippen LogP contribution is 3.10. The summed E-state index contributed by atoms with van der Waals surface area (Å²) >= 11 is 0. The smallest absolute Gasteiger partial charge is 0.227 e. The zero-order chi connectivity index (χ0) is 15.3. The van der Waals surface area contributed by atoms with Crippen LogP contribution in [-0.4, -0.2) is 48.3 Å². The number of carbonyl (C=O) groups excluding carboxylic acids is 2. The molecule has 6 rings (SSSR count). The molecule has 6 saturated carbocycles. The minimum absolute atomic E-state index is 0.106. The molecule has 0 bridgehead atoms. The largest absolute Gasteiger partial charge is 0.396 e. The molecule has 0 spiro atoms. The highest BCUT2D eigenvalue weighted by Gasteiger charge is 3.12. The zero-order valence-electron chi connectivity index (χ0n) is 12.4. The SMILES string of the molecule is O=C(NCCCO)C12C3C4C1C1C2C3C41C(=O)NCCCO. The van der Waals surface area contributed by atoms with E-state index in [-0.39, 0.29) is 35.9 Å². The molecule has 2 amide bonds. The molecule has 0 atom stereocenters. The molecule has 0 unspecified atom stereocenters. The Hall–Kier alpha value is -1.14. The predicted octanol–water partition coefficient (Wildman–Crippen LogP) is -1.28. The molecule has 0 radical (unpaired) electrons. The van der Waals surface area contributed by atoms with E-state index < -0.39 is 0 Å². The minimum Gasteiger partial charge on any atom is -0.396 e. The van der Waals surface area contributed by atoms with Crippen molar-refractivity contribution in [1.29, 1.82) is 0 Å². The van der Waals surface area contributed by atoms with Crippen molar-refractivity contribution in [1.82, 2.24) is 10.6 Å². The van der Waals surface area contributed by atoms with Gasteiger partial charge in [0.1, 0.15) is 0 Å². The van der Waals surface area contributed by atoms with E-state index in [1.165, 1.54) is 0 Å². The van der Waals surface area contributed by atoms with Crippen LogP contribution in [0.15, 0.2) is 0 Å². The fraction of sp³-hybridized carbons (Fsp3) is 0.875. The highest BCUT2D eigenvalue weighted by molar-refractivity contribution is 6.00. The van der Waals surface area contributed by atoms with Gasteiger partial charge in [0.05, 0.1) is 10.8 Å². The van der Waals surface area contributed by atoms with Crippen molar-refractivity contribution >= 4 is 11.8 Å². The summed E-state index contributed by atoms with van der Waals surface area (Å²) in [4.78, 5) is 24.9. The van der Waals surface area contributed by atoms with Crippen LogP contribution in [0.5, 0.6) is 0 Å². The first kappa shape index (κ1) is 13.3. The van der Waals surface area contributed by atoms with Crippen LogP contribution in [0.1, 0.15) is 12.8 Å². The second kappa shape index (κ2) is 3.85. The minimum atomic E-state index is -0.122. The van der Waals surface area contributed by atoms with Gasteiger partial charge in [0, 0.05) is 26.3 Å². The van der Waals surface area contributed by atoms with Gasteiger partial charge >= 0.3 is 0 Å².